The molecule has 25 heavy (non-hydrogen) atoms. The van der Waals surface area contributed by atoms with Gasteiger partial charge in [0.25, 0.3) is 5.91 Å². The number of likely N-dealkylation sites (tertiary alicyclic amines) is 1. The molecule has 1 aromatic heterocycles. The monoisotopic (exact) mass is 365 g/mol. The first-order chi connectivity index (χ1) is 11.9. The van der Waals surface area contributed by atoms with E-state index < -0.39 is 9.84 Å². The van der Waals surface area contributed by atoms with Crippen molar-refractivity contribution in [2.45, 2.75) is 24.0 Å². The third-order valence-electron chi connectivity index (χ3n) is 4.21. The second-order valence-corrected chi connectivity index (χ2v) is 7.87. The molecule has 0 bridgehead atoms. The van der Waals surface area contributed by atoms with Crippen molar-refractivity contribution in [1.82, 2.24) is 15.1 Å². The number of carbonyl (C=O) groups excluding carboxylic acids is 1. The highest BCUT2D eigenvalue weighted by atomic mass is 32.2. The van der Waals surface area contributed by atoms with Gasteiger partial charge in [-0.3, -0.25) is 4.79 Å². The van der Waals surface area contributed by atoms with Crippen molar-refractivity contribution in [2.24, 2.45) is 0 Å². The van der Waals surface area contributed by atoms with Gasteiger partial charge in [-0.15, -0.1) is 5.10 Å². The van der Waals surface area contributed by atoms with Gasteiger partial charge in [-0.05, 0) is 37.1 Å². The lowest BCUT2D eigenvalue weighted by Gasteiger charge is -2.30. The second kappa shape index (κ2) is 6.83. The normalized spacial score (nSPS) is 16.0. The number of sulfone groups is 1. The molecule has 1 aliphatic rings. The Kier molecular flexibility index (Phi) is 4.76. The fourth-order valence-electron chi connectivity index (χ4n) is 2.78. The first-order valence-corrected chi connectivity index (χ1v) is 9.74. The Morgan fingerprint density at radius 2 is 1.84 bits per heavy atom. The summed E-state index contributed by atoms with van der Waals surface area (Å²) < 4.78 is 33.2. The van der Waals surface area contributed by atoms with E-state index in [9.17, 15) is 13.2 Å². The minimum absolute atomic E-state index is 0.0385. The van der Waals surface area contributed by atoms with Gasteiger partial charge in [-0.25, -0.2) is 8.42 Å². The summed E-state index contributed by atoms with van der Waals surface area (Å²) in [5.74, 6) is 0.941. The van der Waals surface area contributed by atoms with Gasteiger partial charge in [0.15, 0.2) is 0 Å². The molecular formula is C16H19N3O5S. The van der Waals surface area contributed by atoms with E-state index >= 15 is 0 Å². The molecule has 1 fully saturated rings. The summed E-state index contributed by atoms with van der Waals surface area (Å²) >= 11 is 0. The zero-order valence-electron chi connectivity index (χ0n) is 14.0. The molecule has 8 nitrogen and oxygen atoms in total. The topological polar surface area (TPSA) is 103 Å². The molecular weight excluding hydrogens is 346 g/mol. The van der Waals surface area contributed by atoms with E-state index in [0.29, 0.717) is 43.1 Å². The zero-order chi connectivity index (χ0) is 18.0. The van der Waals surface area contributed by atoms with Crippen molar-refractivity contribution in [1.29, 1.82) is 0 Å². The molecule has 0 atom stereocenters. The molecule has 0 spiro atoms. The highest BCUT2D eigenvalue weighted by Crippen LogP contribution is 2.28. The largest absolute Gasteiger partial charge is 0.497 e. The first kappa shape index (κ1) is 17.4. The molecule has 0 saturated carbocycles. The lowest BCUT2D eigenvalue weighted by atomic mass is 9.96. The van der Waals surface area contributed by atoms with Crippen LogP contribution in [0.25, 0.3) is 0 Å². The molecule has 9 heteroatoms. The van der Waals surface area contributed by atoms with Crippen LogP contribution >= 0.6 is 0 Å². The lowest BCUT2D eigenvalue weighted by molar-refractivity contribution is 0.0705. The Balaban J connectivity index is 1.63. The number of aromatic nitrogens is 2. The van der Waals surface area contributed by atoms with Crippen molar-refractivity contribution < 1.29 is 22.4 Å². The molecule has 1 aliphatic heterocycles. The van der Waals surface area contributed by atoms with Crippen LogP contribution in [-0.4, -0.2) is 55.9 Å². The molecule has 1 amide bonds. The summed E-state index contributed by atoms with van der Waals surface area (Å²) in [6.07, 6.45) is 2.32. The number of ether oxygens (including phenoxy) is 1. The highest BCUT2D eigenvalue weighted by Gasteiger charge is 2.29. The number of hydrogen-bond donors (Lipinski definition) is 0. The number of rotatable bonds is 4. The Morgan fingerprint density at radius 1 is 1.20 bits per heavy atom. The highest BCUT2D eigenvalue weighted by molar-refractivity contribution is 7.90. The lowest BCUT2D eigenvalue weighted by Crippen LogP contribution is -2.38. The maximum Gasteiger partial charge on any atom is 0.335 e. The molecule has 0 radical (unpaired) electrons. The van der Waals surface area contributed by atoms with Gasteiger partial charge in [0.1, 0.15) is 5.75 Å². The number of benzene rings is 1. The van der Waals surface area contributed by atoms with Crippen LogP contribution in [0.2, 0.25) is 0 Å². The number of hydrogen-bond acceptors (Lipinski definition) is 7. The molecule has 2 heterocycles. The Labute approximate surface area is 145 Å². The van der Waals surface area contributed by atoms with Crippen LogP contribution in [0.15, 0.2) is 33.9 Å². The van der Waals surface area contributed by atoms with Gasteiger partial charge >= 0.3 is 5.22 Å². The standard InChI is InChI=1S/C16H19N3O5S/c1-23-13-5-3-12(4-6-13)15(20)19-9-7-11(8-10-19)14-17-18-16(24-14)25(2,21)22/h3-6,11H,7-10H2,1-2H3. The van der Waals surface area contributed by atoms with Gasteiger partial charge < -0.3 is 14.1 Å². The summed E-state index contributed by atoms with van der Waals surface area (Å²) in [5.41, 5.74) is 0.608. The summed E-state index contributed by atoms with van der Waals surface area (Å²) in [4.78, 5) is 14.3. The summed E-state index contributed by atoms with van der Waals surface area (Å²) in [7, 11) is -1.92. The molecule has 134 valence electrons. The zero-order valence-corrected chi connectivity index (χ0v) is 14.8. The van der Waals surface area contributed by atoms with Crippen LogP contribution in [0.1, 0.15) is 35.0 Å². The fraction of sp³-hybridized carbons (Fsp3) is 0.438. The van der Waals surface area contributed by atoms with Crippen molar-refractivity contribution >= 4 is 15.7 Å². The SMILES string of the molecule is COc1ccc(C(=O)N2CCC(c3nnc(S(C)(=O)=O)o3)CC2)cc1. The smallest absolute Gasteiger partial charge is 0.335 e. The maximum atomic E-state index is 12.5. The molecule has 0 N–H and O–H groups in total. The van der Waals surface area contributed by atoms with Crippen molar-refractivity contribution in [3.8, 4) is 5.75 Å². The molecule has 0 aliphatic carbocycles. The van der Waals surface area contributed by atoms with Crippen molar-refractivity contribution in [3.05, 3.63) is 35.7 Å². The van der Waals surface area contributed by atoms with Crippen molar-refractivity contribution in [2.75, 3.05) is 26.5 Å². The van der Waals surface area contributed by atoms with Crippen LogP contribution in [0.4, 0.5) is 0 Å². The minimum atomic E-state index is -3.50. The average molecular weight is 365 g/mol. The number of methoxy groups -OCH3 is 1. The minimum Gasteiger partial charge on any atom is -0.497 e. The third kappa shape index (κ3) is 3.81. The van der Waals surface area contributed by atoms with Gasteiger partial charge in [-0.2, -0.15) is 0 Å². The number of piperidine rings is 1. The molecule has 2 aromatic rings. The Bertz CT molecular complexity index is 852. The van der Waals surface area contributed by atoms with Gasteiger partial charge in [0.2, 0.25) is 15.7 Å². The van der Waals surface area contributed by atoms with E-state index in [4.69, 9.17) is 9.15 Å². The number of amides is 1. The van der Waals surface area contributed by atoms with Crippen LogP contribution in [0.5, 0.6) is 5.75 Å². The summed E-state index contributed by atoms with van der Waals surface area (Å²) in [6.45, 7) is 1.10. The molecule has 1 aromatic carbocycles. The second-order valence-electron chi connectivity index (χ2n) is 5.97. The van der Waals surface area contributed by atoms with Crippen LogP contribution in [-0.2, 0) is 9.84 Å². The quantitative estimate of drug-likeness (QED) is 0.809. The van der Waals surface area contributed by atoms with Gasteiger partial charge in [-0.1, -0.05) is 5.10 Å². The molecule has 0 unspecified atom stereocenters. The van der Waals surface area contributed by atoms with Crippen LogP contribution < -0.4 is 4.74 Å². The van der Waals surface area contributed by atoms with E-state index in [0.717, 1.165) is 6.26 Å². The Morgan fingerprint density at radius 3 is 2.36 bits per heavy atom. The fourth-order valence-corrected chi connectivity index (χ4v) is 3.21. The average Bonchev–Trinajstić information content (AvgIpc) is 3.12. The number of nitrogens with zero attached hydrogens (tertiary/aromatic N) is 3. The van der Waals surface area contributed by atoms with Gasteiger partial charge in [0.05, 0.1) is 7.11 Å². The first-order valence-electron chi connectivity index (χ1n) is 7.85. The Hall–Kier alpha value is -2.42. The number of carbonyl (C=O) groups is 1. The molecule has 3 rings (SSSR count). The van der Waals surface area contributed by atoms with E-state index in [-0.39, 0.29) is 17.0 Å². The summed E-state index contributed by atoms with van der Waals surface area (Å²) in [6, 6.07) is 6.99. The van der Waals surface area contributed by atoms with E-state index in [2.05, 4.69) is 10.2 Å². The summed E-state index contributed by atoms with van der Waals surface area (Å²) in [5, 5.41) is 7.06. The molecule has 1 saturated heterocycles. The van der Waals surface area contributed by atoms with Gasteiger partial charge in [0, 0.05) is 30.8 Å². The van der Waals surface area contributed by atoms with E-state index in [1.165, 1.54) is 0 Å². The van der Waals surface area contributed by atoms with E-state index in [1.807, 2.05) is 0 Å². The van der Waals surface area contributed by atoms with Crippen molar-refractivity contribution in [3.63, 3.8) is 0 Å². The third-order valence-corrected chi connectivity index (χ3v) is 5.01. The predicted molar refractivity (Wildman–Crippen MR) is 88.3 cm³/mol. The van der Waals surface area contributed by atoms with Crippen LogP contribution in [0.3, 0.4) is 0 Å². The van der Waals surface area contributed by atoms with E-state index in [1.54, 1.807) is 36.3 Å². The predicted octanol–water partition coefficient (Wildman–Crippen LogP) is 1.50. The van der Waals surface area contributed by atoms with Crippen LogP contribution in [0, 0.1) is 0 Å². The maximum absolute atomic E-state index is 12.5.